The first kappa shape index (κ1) is 33.2. The third-order valence-electron chi connectivity index (χ3n) is 10.0. The van der Waals surface area contributed by atoms with Gasteiger partial charge in [0.2, 0.25) is 0 Å². The summed E-state index contributed by atoms with van der Waals surface area (Å²) >= 11 is 0. The summed E-state index contributed by atoms with van der Waals surface area (Å²) in [4.78, 5) is 2.53. The third kappa shape index (κ3) is 7.56. The average Bonchev–Trinajstić information content (AvgIpc) is 3.14. The summed E-state index contributed by atoms with van der Waals surface area (Å²) < 4.78 is 16.9. The lowest BCUT2D eigenvalue weighted by atomic mass is 9.75. The molecule has 0 amide bonds. The van der Waals surface area contributed by atoms with E-state index in [0.717, 1.165) is 55.6 Å². The maximum absolute atomic E-state index is 9.77. The molecule has 0 aromatic heterocycles. The predicted octanol–water partition coefficient (Wildman–Crippen LogP) is 7.32. The molecule has 3 aliphatic heterocycles. The van der Waals surface area contributed by atoms with E-state index in [1.807, 2.05) is 24.3 Å². The molecule has 48 heavy (non-hydrogen) atoms. The standard InChI is InChI=1S/C29H30N2O2.C12H13NO2/c30-22-29(15-17-32-18-16-29)26-11-13-27(14-12-26)33-21-23-19-31(20-23)28(24-7-3-1-4-8-24)25-9-5-2-6-10-25;13-9-12(5-7-15-8-6-12)10-1-3-11(14)4-2-10/h1-14,23,28H,15-21H2;1-4,14H,5-8H2. The Labute approximate surface area is 283 Å². The SMILES string of the molecule is N#CC1(c2ccc(O)cc2)CCOCC1.N#CC1(c2ccc(OCC3CN(C(c4ccccc4)c4ccccc4)C3)cc2)CCOCC1. The highest BCUT2D eigenvalue weighted by molar-refractivity contribution is 5.38. The van der Waals surface area contributed by atoms with Gasteiger partial charge in [0.15, 0.2) is 0 Å². The highest BCUT2D eigenvalue weighted by atomic mass is 16.5. The maximum atomic E-state index is 9.77. The molecule has 4 aromatic carbocycles. The molecule has 3 saturated heterocycles. The second kappa shape index (κ2) is 15.5. The molecule has 1 N–H and O–H groups in total. The van der Waals surface area contributed by atoms with Crippen LogP contribution in [-0.2, 0) is 20.3 Å². The number of rotatable bonds is 8. The number of phenols is 1. The number of nitriles is 2. The molecule has 7 rings (SSSR count). The summed E-state index contributed by atoms with van der Waals surface area (Å²) in [6, 6.07) is 41.7. The maximum Gasteiger partial charge on any atom is 0.119 e. The van der Waals surface area contributed by atoms with E-state index in [9.17, 15) is 15.6 Å². The molecule has 7 nitrogen and oxygen atoms in total. The summed E-state index contributed by atoms with van der Waals surface area (Å²) in [5.41, 5.74) is 3.87. The van der Waals surface area contributed by atoms with Gasteiger partial charge >= 0.3 is 0 Å². The van der Waals surface area contributed by atoms with Crippen molar-refractivity contribution in [3.63, 3.8) is 0 Å². The van der Waals surface area contributed by atoms with Crippen LogP contribution in [0.2, 0.25) is 0 Å². The summed E-state index contributed by atoms with van der Waals surface area (Å²) in [5.74, 6) is 1.62. The number of phenolic OH excluding ortho intramolecular Hbond substituents is 1. The van der Waals surface area contributed by atoms with E-state index in [-0.39, 0.29) is 11.8 Å². The topological polar surface area (TPSA) is 98.7 Å². The smallest absolute Gasteiger partial charge is 0.119 e. The predicted molar refractivity (Wildman–Crippen MR) is 185 cm³/mol. The van der Waals surface area contributed by atoms with Crippen LogP contribution in [0.3, 0.4) is 0 Å². The Morgan fingerprint density at radius 1 is 0.667 bits per heavy atom. The molecule has 0 bridgehead atoms. The summed E-state index contributed by atoms with van der Waals surface area (Å²) in [7, 11) is 0. The van der Waals surface area contributed by atoms with Crippen molar-refractivity contribution in [1.29, 1.82) is 10.5 Å². The first-order valence-electron chi connectivity index (χ1n) is 16.9. The van der Waals surface area contributed by atoms with Crippen molar-refractivity contribution in [1.82, 2.24) is 4.90 Å². The number of nitrogens with zero attached hydrogens (tertiary/aromatic N) is 3. The van der Waals surface area contributed by atoms with Crippen LogP contribution in [0.15, 0.2) is 109 Å². The Balaban J connectivity index is 0.000000223. The van der Waals surface area contributed by atoms with Gasteiger partial charge in [-0.1, -0.05) is 84.9 Å². The van der Waals surface area contributed by atoms with E-state index >= 15 is 0 Å². The minimum Gasteiger partial charge on any atom is -0.508 e. The molecule has 0 saturated carbocycles. The quantitative estimate of drug-likeness (QED) is 0.215. The summed E-state index contributed by atoms with van der Waals surface area (Å²) in [5, 5.41) is 28.3. The molecule has 0 spiro atoms. The van der Waals surface area contributed by atoms with Crippen molar-refractivity contribution in [2.24, 2.45) is 5.92 Å². The van der Waals surface area contributed by atoms with Gasteiger partial charge in [-0.2, -0.15) is 10.5 Å². The number of ether oxygens (including phenoxy) is 3. The van der Waals surface area contributed by atoms with Crippen LogP contribution in [0.4, 0.5) is 0 Å². The summed E-state index contributed by atoms with van der Waals surface area (Å²) in [6.07, 6.45) is 2.97. The zero-order valence-corrected chi connectivity index (χ0v) is 27.3. The molecule has 7 heteroatoms. The van der Waals surface area contributed by atoms with E-state index in [4.69, 9.17) is 14.2 Å². The largest absolute Gasteiger partial charge is 0.508 e. The molecule has 3 heterocycles. The number of likely N-dealkylation sites (tertiary alicyclic amines) is 1. The third-order valence-corrected chi connectivity index (χ3v) is 10.0. The van der Waals surface area contributed by atoms with Crippen molar-refractivity contribution < 1.29 is 19.3 Å². The number of benzene rings is 4. The van der Waals surface area contributed by atoms with Gasteiger partial charge in [0.05, 0.1) is 35.6 Å². The van der Waals surface area contributed by atoms with Gasteiger partial charge in [-0.25, -0.2) is 0 Å². The van der Waals surface area contributed by atoms with Gasteiger partial charge in [0.25, 0.3) is 0 Å². The first-order valence-corrected chi connectivity index (χ1v) is 16.9. The minimum absolute atomic E-state index is 0.235. The lowest BCUT2D eigenvalue weighted by Gasteiger charge is -2.44. The molecular weight excluding hydrogens is 598 g/mol. The van der Waals surface area contributed by atoms with Crippen LogP contribution in [0.5, 0.6) is 11.5 Å². The average molecular weight is 642 g/mol. The highest BCUT2D eigenvalue weighted by Crippen LogP contribution is 2.37. The normalized spacial score (nSPS) is 18.7. The Hall–Kier alpha value is -4.66. The zero-order valence-electron chi connectivity index (χ0n) is 27.3. The fourth-order valence-corrected chi connectivity index (χ4v) is 7.05. The van der Waals surface area contributed by atoms with Crippen LogP contribution < -0.4 is 4.74 Å². The molecule has 246 valence electrons. The van der Waals surface area contributed by atoms with Crippen molar-refractivity contribution >= 4 is 0 Å². The van der Waals surface area contributed by atoms with Gasteiger partial charge in [-0.15, -0.1) is 0 Å². The molecule has 0 radical (unpaired) electrons. The monoisotopic (exact) mass is 641 g/mol. The molecule has 0 unspecified atom stereocenters. The van der Waals surface area contributed by atoms with E-state index in [1.165, 1.54) is 11.1 Å². The minimum atomic E-state index is -0.425. The van der Waals surface area contributed by atoms with Crippen LogP contribution >= 0.6 is 0 Å². The van der Waals surface area contributed by atoms with Crippen LogP contribution in [0, 0.1) is 28.6 Å². The van der Waals surface area contributed by atoms with Gasteiger partial charge in [-0.05, 0) is 72.2 Å². The Kier molecular flexibility index (Phi) is 10.7. The summed E-state index contributed by atoms with van der Waals surface area (Å²) in [6.45, 7) is 5.31. The second-order valence-electron chi connectivity index (χ2n) is 13.0. The number of hydrogen-bond acceptors (Lipinski definition) is 7. The van der Waals surface area contributed by atoms with Crippen LogP contribution in [-0.4, -0.2) is 56.1 Å². The van der Waals surface area contributed by atoms with Gasteiger partial charge < -0.3 is 19.3 Å². The highest BCUT2D eigenvalue weighted by Gasteiger charge is 2.36. The van der Waals surface area contributed by atoms with Crippen molar-refractivity contribution in [3.8, 4) is 23.6 Å². The first-order chi connectivity index (χ1) is 23.5. The van der Waals surface area contributed by atoms with Crippen LogP contribution in [0.1, 0.15) is 54.0 Å². The van der Waals surface area contributed by atoms with Crippen LogP contribution in [0.25, 0.3) is 0 Å². The lowest BCUT2D eigenvalue weighted by Crippen LogP contribution is -2.50. The number of hydrogen-bond donors (Lipinski definition) is 1. The molecule has 3 aliphatic rings. The van der Waals surface area contributed by atoms with Crippen molar-refractivity contribution in [2.45, 2.75) is 42.6 Å². The van der Waals surface area contributed by atoms with E-state index in [0.29, 0.717) is 39.0 Å². The fourth-order valence-electron chi connectivity index (χ4n) is 7.05. The molecule has 3 fully saturated rings. The Bertz CT molecular complexity index is 1620. The van der Waals surface area contributed by atoms with Crippen molar-refractivity contribution in [3.05, 3.63) is 131 Å². The molecular formula is C41H43N3O4. The van der Waals surface area contributed by atoms with Gasteiger partial charge in [0.1, 0.15) is 11.5 Å². The zero-order chi connectivity index (χ0) is 33.2. The van der Waals surface area contributed by atoms with E-state index < -0.39 is 10.8 Å². The Morgan fingerprint density at radius 2 is 1.10 bits per heavy atom. The Morgan fingerprint density at radius 3 is 1.54 bits per heavy atom. The van der Waals surface area contributed by atoms with Crippen molar-refractivity contribution in [2.75, 3.05) is 46.1 Å². The number of aromatic hydroxyl groups is 1. The second-order valence-corrected chi connectivity index (χ2v) is 13.0. The fraction of sp³-hybridized carbons (Fsp3) is 0.366. The van der Waals surface area contributed by atoms with E-state index in [2.05, 4.69) is 89.8 Å². The van der Waals surface area contributed by atoms with E-state index in [1.54, 1.807) is 12.1 Å². The molecule has 0 atom stereocenters. The van der Waals surface area contributed by atoms with Gasteiger partial charge in [-0.3, -0.25) is 4.90 Å². The molecule has 4 aromatic rings. The lowest BCUT2D eigenvalue weighted by molar-refractivity contribution is 0.0378. The van der Waals surface area contributed by atoms with Gasteiger partial charge in [0, 0.05) is 45.4 Å². The molecule has 0 aliphatic carbocycles.